The molecule has 1 fully saturated rings. The van der Waals surface area contributed by atoms with Gasteiger partial charge < -0.3 is 10.1 Å². The zero-order chi connectivity index (χ0) is 15.6. The van der Waals surface area contributed by atoms with E-state index in [0.29, 0.717) is 6.61 Å². The lowest BCUT2D eigenvalue weighted by Crippen LogP contribution is -2.40. The van der Waals surface area contributed by atoms with Crippen molar-refractivity contribution in [3.05, 3.63) is 28.8 Å². The number of halogens is 1. The molecule has 8 heteroatoms. The van der Waals surface area contributed by atoms with Gasteiger partial charge in [0.2, 0.25) is 10.0 Å². The number of hydrogen-bond acceptors (Lipinski definition) is 4. The van der Waals surface area contributed by atoms with E-state index in [0.717, 1.165) is 12.8 Å². The van der Waals surface area contributed by atoms with Crippen LogP contribution in [0.25, 0.3) is 0 Å². The topological polar surface area (TPSA) is 98.5 Å². The normalized spacial score (nSPS) is 20.2. The van der Waals surface area contributed by atoms with Crippen molar-refractivity contribution in [3.63, 3.8) is 0 Å². The predicted octanol–water partition coefficient (Wildman–Crippen LogP) is 1.28. The van der Waals surface area contributed by atoms with Crippen LogP contribution in [-0.2, 0) is 14.8 Å². The number of nitrogens with one attached hydrogen (secondary N) is 1. The number of benzene rings is 1. The van der Waals surface area contributed by atoms with Gasteiger partial charge in [-0.25, -0.2) is 13.6 Å². The van der Waals surface area contributed by atoms with Crippen molar-refractivity contribution in [2.24, 2.45) is 5.14 Å². The van der Waals surface area contributed by atoms with E-state index in [9.17, 15) is 13.2 Å². The molecule has 1 heterocycles. The summed E-state index contributed by atoms with van der Waals surface area (Å²) in [6.45, 7) is 2.54. The lowest BCUT2D eigenvalue weighted by atomic mass is 10.1. The molecule has 2 rings (SSSR count). The van der Waals surface area contributed by atoms with E-state index in [1.807, 2.05) is 6.92 Å². The molecule has 0 saturated carbocycles. The highest BCUT2D eigenvalue weighted by Crippen LogP contribution is 2.19. The first-order valence-corrected chi connectivity index (χ1v) is 8.45. The summed E-state index contributed by atoms with van der Waals surface area (Å²) < 4.78 is 28.2. The summed E-state index contributed by atoms with van der Waals surface area (Å²) in [5, 5.41) is 7.98. The second kappa shape index (κ2) is 6.31. The zero-order valence-electron chi connectivity index (χ0n) is 11.5. The van der Waals surface area contributed by atoms with Crippen LogP contribution in [0, 0.1) is 0 Å². The number of sulfonamides is 1. The van der Waals surface area contributed by atoms with Crippen LogP contribution >= 0.6 is 11.6 Å². The maximum Gasteiger partial charge on any atom is 0.251 e. The van der Waals surface area contributed by atoms with Gasteiger partial charge in [0.05, 0.1) is 17.0 Å². The number of carbonyl (C=O) groups is 1. The molecule has 3 N–H and O–H groups in total. The van der Waals surface area contributed by atoms with Crippen LogP contribution < -0.4 is 10.5 Å². The van der Waals surface area contributed by atoms with Gasteiger partial charge in [0.15, 0.2) is 0 Å². The minimum absolute atomic E-state index is 0.0224. The third kappa shape index (κ3) is 4.16. The van der Waals surface area contributed by atoms with Gasteiger partial charge in [-0.1, -0.05) is 11.6 Å². The molecule has 1 aliphatic rings. The monoisotopic (exact) mass is 332 g/mol. The summed E-state index contributed by atoms with van der Waals surface area (Å²) in [7, 11) is -3.91. The van der Waals surface area contributed by atoms with Crippen molar-refractivity contribution in [1.29, 1.82) is 0 Å². The van der Waals surface area contributed by atoms with Gasteiger partial charge in [-0.05, 0) is 38.0 Å². The number of amides is 1. The summed E-state index contributed by atoms with van der Waals surface area (Å²) in [6, 6.07) is 3.64. The standard InChI is InChI=1S/C13H17ClN2O4S/c1-8(12-3-2-4-20-12)16-13(17)9-5-10(14)7-11(6-9)21(15,18)19/h5-8,12H,2-4H2,1H3,(H,16,17)(H2,15,18,19). The molecule has 1 amide bonds. The molecule has 116 valence electrons. The first kappa shape index (κ1) is 16.2. The summed E-state index contributed by atoms with van der Waals surface area (Å²) >= 11 is 5.84. The van der Waals surface area contributed by atoms with Crippen molar-refractivity contribution in [1.82, 2.24) is 5.32 Å². The number of nitrogens with two attached hydrogens (primary N) is 1. The van der Waals surface area contributed by atoms with E-state index in [1.54, 1.807) is 0 Å². The van der Waals surface area contributed by atoms with E-state index in [-0.39, 0.29) is 27.6 Å². The molecule has 6 nitrogen and oxygen atoms in total. The molecule has 0 aliphatic carbocycles. The summed E-state index contributed by atoms with van der Waals surface area (Å²) in [4.78, 5) is 12.0. The highest BCUT2D eigenvalue weighted by atomic mass is 35.5. The molecule has 1 aromatic rings. The van der Waals surface area contributed by atoms with Crippen LogP contribution in [0.1, 0.15) is 30.1 Å². The molecule has 2 atom stereocenters. The quantitative estimate of drug-likeness (QED) is 0.867. The Bertz CT molecular complexity index is 642. The first-order chi connectivity index (χ1) is 9.77. The van der Waals surface area contributed by atoms with Gasteiger partial charge >= 0.3 is 0 Å². The Morgan fingerprint density at radius 2 is 2.19 bits per heavy atom. The summed E-state index contributed by atoms with van der Waals surface area (Å²) in [5.74, 6) is -0.412. The van der Waals surface area contributed by atoms with Crippen LogP contribution in [-0.4, -0.2) is 33.1 Å². The molecule has 2 unspecified atom stereocenters. The van der Waals surface area contributed by atoms with Crippen LogP contribution in [0.5, 0.6) is 0 Å². The van der Waals surface area contributed by atoms with Crippen LogP contribution in [0.3, 0.4) is 0 Å². The highest BCUT2D eigenvalue weighted by molar-refractivity contribution is 7.89. The van der Waals surface area contributed by atoms with Gasteiger partial charge in [-0.15, -0.1) is 0 Å². The number of primary sulfonamides is 1. The molecular formula is C13H17ClN2O4S. The van der Waals surface area contributed by atoms with E-state index in [4.69, 9.17) is 21.5 Å². The van der Waals surface area contributed by atoms with Crippen LogP contribution in [0.4, 0.5) is 0 Å². The third-order valence-corrected chi connectivity index (χ3v) is 4.45. The minimum Gasteiger partial charge on any atom is -0.376 e. The van der Waals surface area contributed by atoms with E-state index >= 15 is 0 Å². The molecule has 0 bridgehead atoms. The Hall–Kier alpha value is -1.15. The molecule has 21 heavy (non-hydrogen) atoms. The van der Waals surface area contributed by atoms with Gasteiger partial charge in [0.1, 0.15) is 0 Å². The fourth-order valence-corrected chi connectivity index (χ4v) is 3.12. The first-order valence-electron chi connectivity index (χ1n) is 6.53. The Balaban J connectivity index is 2.17. The third-order valence-electron chi connectivity index (χ3n) is 3.34. The van der Waals surface area contributed by atoms with Gasteiger partial charge in [-0.3, -0.25) is 4.79 Å². The molecule has 1 aliphatic heterocycles. The van der Waals surface area contributed by atoms with Crippen molar-refractivity contribution >= 4 is 27.5 Å². The maximum absolute atomic E-state index is 12.2. The molecule has 1 aromatic carbocycles. The van der Waals surface area contributed by atoms with Gasteiger partial charge in [0, 0.05) is 17.2 Å². The van der Waals surface area contributed by atoms with Crippen molar-refractivity contribution < 1.29 is 17.9 Å². The fraction of sp³-hybridized carbons (Fsp3) is 0.462. The number of hydrogen-bond donors (Lipinski definition) is 2. The molecule has 1 saturated heterocycles. The van der Waals surface area contributed by atoms with Crippen molar-refractivity contribution in [3.8, 4) is 0 Å². The van der Waals surface area contributed by atoms with E-state index < -0.39 is 15.9 Å². The Labute approximate surface area is 128 Å². The average Bonchev–Trinajstić information content (AvgIpc) is 2.90. The number of ether oxygens (including phenoxy) is 1. The van der Waals surface area contributed by atoms with Gasteiger partial charge in [-0.2, -0.15) is 0 Å². The van der Waals surface area contributed by atoms with E-state index in [1.165, 1.54) is 18.2 Å². The lowest BCUT2D eigenvalue weighted by Gasteiger charge is -2.20. The molecule has 0 spiro atoms. The second-order valence-electron chi connectivity index (χ2n) is 5.03. The lowest BCUT2D eigenvalue weighted by molar-refractivity contribution is 0.0712. The Morgan fingerprint density at radius 1 is 1.48 bits per heavy atom. The van der Waals surface area contributed by atoms with Crippen molar-refractivity contribution in [2.75, 3.05) is 6.61 Å². The van der Waals surface area contributed by atoms with Crippen LogP contribution in [0.15, 0.2) is 23.1 Å². The number of carbonyl (C=O) groups excluding carboxylic acids is 1. The Kier molecular flexibility index (Phi) is 4.88. The SMILES string of the molecule is CC(NC(=O)c1cc(Cl)cc(S(N)(=O)=O)c1)C1CCCO1. The minimum atomic E-state index is -3.91. The highest BCUT2D eigenvalue weighted by Gasteiger charge is 2.24. The van der Waals surface area contributed by atoms with E-state index in [2.05, 4.69) is 5.32 Å². The van der Waals surface area contributed by atoms with Gasteiger partial charge in [0.25, 0.3) is 5.91 Å². The molecule has 0 aromatic heterocycles. The number of rotatable bonds is 4. The smallest absolute Gasteiger partial charge is 0.251 e. The average molecular weight is 333 g/mol. The largest absolute Gasteiger partial charge is 0.376 e. The molecule has 0 radical (unpaired) electrons. The maximum atomic E-state index is 12.2. The fourth-order valence-electron chi connectivity index (χ4n) is 2.24. The van der Waals surface area contributed by atoms with Crippen LogP contribution in [0.2, 0.25) is 5.02 Å². The zero-order valence-corrected chi connectivity index (χ0v) is 13.1. The van der Waals surface area contributed by atoms with Crippen molar-refractivity contribution in [2.45, 2.75) is 36.8 Å². The Morgan fingerprint density at radius 3 is 2.76 bits per heavy atom. The second-order valence-corrected chi connectivity index (χ2v) is 7.03. The predicted molar refractivity (Wildman–Crippen MR) is 78.7 cm³/mol. The molecular weight excluding hydrogens is 316 g/mol. The summed E-state index contributed by atoms with van der Waals surface area (Å²) in [6.07, 6.45) is 1.84. The summed E-state index contributed by atoms with van der Waals surface area (Å²) in [5.41, 5.74) is 0.149.